The molecule has 2 aromatic rings. The molecule has 0 saturated heterocycles. The summed E-state index contributed by atoms with van der Waals surface area (Å²) in [6, 6.07) is 6.81. The van der Waals surface area contributed by atoms with Crippen molar-refractivity contribution >= 4 is 15.8 Å². The van der Waals surface area contributed by atoms with Crippen LogP contribution in [0, 0.1) is 11.6 Å². The topological polar surface area (TPSA) is 68.3 Å². The average molecular weight is 314 g/mol. The molecule has 1 N–H and O–H groups in total. The number of pyridine rings is 1. The molecular formula is C13H12F2N2O3S. The van der Waals surface area contributed by atoms with Crippen molar-refractivity contribution in [3.63, 3.8) is 0 Å². The molecule has 5 nitrogen and oxygen atoms in total. The molecule has 0 amide bonds. The van der Waals surface area contributed by atoms with E-state index in [1.165, 1.54) is 13.2 Å². The number of anilines is 1. The summed E-state index contributed by atoms with van der Waals surface area (Å²) in [5.41, 5.74) is 0.498. The van der Waals surface area contributed by atoms with Crippen LogP contribution in [0.5, 0.6) is 0 Å². The van der Waals surface area contributed by atoms with Gasteiger partial charge in [-0.15, -0.1) is 0 Å². The van der Waals surface area contributed by atoms with Gasteiger partial charge in [-0.1, -0.05) is 6.07 Å². The van der Waals surface area contributed by atoms with Crippen LogP contribution in [0.15, 0.2) is 41.3 Å². The molecule has 0 spiro atoms. The van der Waals surface area contributed by atoms with Gasteiger partial charge in [-0.25, -0.2) is 22.2 Å². The van der Waals surface area contributed by atoms with Crippen LogP contribution in [0.4, 0.5) is 14.6 Å². The van der Waals surface area contributed by atoms with Crippen LogP contribution < -0.4 is 4.72 Å². The fourth-order valence-corrected chi connectivity index (χ4v) is 2.73. The minimum Gasteiger partial charge on any atom is -0.378 e. The maximum absolute atomic E-state index is 13.5. The Kier molecular flexibility index (Phi) is 4.49. The summed E-state index contributed by atoms with van der Waals surface area (Å²) in [5, 5.41) is 0. The predicted octanol–water partition coefficient (Wildman–Crippen LogP) is 2.31. The van der Waals surface area contributed by atoms with E-state index in [1.54, 1.807) is 12.1 Å². The smallest absolute Gasteiger partial charge is 0.266 e. The van der Waals surface area contributed by atoms with Gasteiger partial charge in [-0.2, -0.15) is 0 Å². The molecule has 0 bridgehead atoms. The summed E-state index contributed by atoms with van der Waals surface area (Å²) in [6.45, 7) is 0.198. The Morgan fingerprint density at radius 2 is 2.00 bits per heavy atom. The average Bonchev–Trinajstić information content (AvgIpc) is 2.42. The van der Waals surface area contributed by atoms with Crippen molar-refractivity contribution in [2.24, 2.45) is 0 Å². The fraction of sp³-hybridized carbons (Fsp3) is 0.154. The number of hydrogen-bond acceptors (Lipinski definition) is 4. The molecule has 1 aromatic heterocycles. The normalized spacial score (nSPS) is 11.4. The number of hydrogen-bond donors (Lipinski definition) is 1. The van der Waals surface area contributed by atoms with Gasteiger partial charge in [0.25, 0.3) is 10.0 Å². The van der Waals surface area contributed by atoms with Gasteiger partial charge in [0.1, 0.15) is 22.3 Å². The Hall–Kier alpha value is -2.06. The minimum atomic E-state index is -4.27. The first-order chi connectivity index (χ1) is 9.92. The molecular weight excluding hydrogens is 302 g/mol. The minimum absolute atomic E-state index is 0.00629. The van der Waals surface area contributed by atoms with Crippen LogP contribution in [0.3, 0.4) is 0 Å². The lowest BCUT2D eigenvalue weighted by atomic mass is 10.3. The van der Waals surface area contributed by atoms with E-state index in [1.807, 2.05) is 0 Å². The van der Waals surface area contributed by atoms with Crippen LogP contribution in [0.1, 0.15) is 5.69 Å². The lowest BCUT2D eigenvalue weighted by Gasteiger charge is -2.09. The number of methoxy groups -OCH3 is 1. The molecule has 21 heavy (non-hydrogen) atoms. The van der Waals surface area contributed by atoms with E-state index in [9.17, 15) is 17.2 Å². The van der Waals surface area contributed by atoms with E-state index in [0.717, 1.165) is 12.1 Å². The molecule has 0 aliphatic rings. The Bertz CT molecular complexity index is 751. The lowest BCUT2D eigenvalue weighted by molar-refractivity contribution is 0.181. The number of ether oxygens (including phenoxy) is 1. The molecule has 0 fully saturated rings. The summed E-state index contributed by atoms with van der Waals surface area (Å²) >= 11 is 0. The number of sulfonamides is 1. The number of halogens is 2. The third kappa shape index (κ3) is 3.73. The molecule has 1 heterocycles. The highest BCUT2D eigenvalue weighted by Crippen LogP contribution is 2.19. The third-order valence-corrected chi connectivity index (χ3v) is 3.89. The number of rotatable bonds is 5. The first-order valence-electron chi connectivity index (χ1n) is 5.85. The summed E-state index contributed by atoms with van der Waals surface area (Å²) in [6.07, 6.45) is 0. The number of aromatic nitrogens is 1. The predicted molar refractivity (Wildman–Crippen MR) is 72.1 cm³/mol. The molecule has 112 valence electrons. The molecule has 2 rings (SSSR count). The maximum Gasteiger partial charge on any atom is 0.266 e. The van der Waals surface area contributed by atoms with Gasteiger partial charge in [0.15, 0.2) is 0 Å². The molecule has 0 unspecified atom stereocenters. The molecule has 0 atom stereocenters. The summed E-state index contributed by atoms with van der Waals surface area (Å²) in [7, 11) is -2.79. The van der Waals surface area contributed by atoms with Crippen LogP contribution in [-0.4, -0.2) is 20.5 Å². The van der Waals surface area contributed by atoms with Gasteiger partial charge in [-0.3, -0.25) is 4.72 Å². The van der Waals surface area contributed by atoms with Crippen LogP contribution in [-0.2, 0) is 21.4 Å². The second kappa shape index (κ2) is 6.15. The Balaban J connectivity index is 2.33. The van der Waals surface area contributed by atoms with Gasteiger partial charge in [0, 0.05) is 7.11 Å². The van der Waals surface area contributed by atoms with E-state index in [-0.39, 0.29) is 12.4 Å². The zero-order valence-electron chi connectivity index (χ0n) is 11.0. The molecule has 0 aliphatic heterocycles. The van der Waals surface area contributed by atoms with Crippen molar-refractivity contribution in [3.05, 3.63) is 53.7 Å². The van der Waals surface area contributed by atoms with Gasteiger partial charge in [0.2, 0.25) is 0 Å². The maximum atomic E-state index is 13.5. The summed E-state index contributed by atoms with van der Waals surface area (Å²) < 4.78 is 57.7. The van der Waals surface area contributed by atoms with Crippen molar-refractivity contribution in [1.82, 2.24) is 4.98 Å². The number of benzene rings is 1. The second-order valence-corrected chi connectivity index (χ2v) is 5.78. The van der Waals surface area contributed by atoms with Crippen molar-refractivity contribution < 1.29 is 21.9 Å². The zero-order valence-corrected chi connectivity index (χ0v) is 11.8. The SMILES string of the molecule is COCc1cccc(NS(=O)(=O)c2cc(F)ccc2F)n1. The third-order valence-electron chi connectivity index (χ3n) is 2.52. The molecule has 1 aromatic carbocycles. The van der Waals surface area contributed by atoms with Crippen LogP contribution in [0.25, 0.3) is 0 Å². The van der Waals surface area contributed by atoms with Gasteiger partial charge in [-0.05, 0) is 30.3 Å². The first-order valence-corrected chi connectivity index (χ1v) is 7.33. The second-order valence-electron chi connectivity index (χ2n) is 4.13. The van der Waals surface area contributed by atoms with Crippen LogP contribution >= 0.6 is 0 Å². The fourth-order valence-electron chi connectivity index (χ4n) is 1.64. The van der Waals surface area contributed by atoms with E-state index in [0.29, 0.717) is 11.8 Å². The van der Waals surface area contributed by atoms with Gasteiger partial charge < -0.3 is 4.74 Å². The summed E-state index contributed by atoms with van der Waals surface area (Å²) in [5.74, 6) is -1.90. The standard InChI is InChI=1S/C13H12F2N2O3S/c1-20-8-10-3-2-4-13(16-10)17-21(18,19)12-7-9(14)5-6-11(12)15/h2-7H,8H2,1H3,(H,16,17). The van der Waals surface area contributed by atoms with Gasteiger partial charge >= 0.3 is 0 Å². The molecule has 0 radical (unpaired) electrons. The number of nitrogens with zero attached hydrogens (tertiary/aromatic N) is 1. The highest BCUT2D eigenvalue weighted by molar-refractivity contribution is 7.92. The highest BCUT2D eigenvalue weighted by Gasteiger charge is 2.20. The number of nitrogens with one attached hydrogen (secondary N) is 1. The Morgan fingerprint density at radius 1 is 1.24 bits per heavy atom. The van der Waals surface area contributed by atoms with Crippen LogP contribution in [0.2, 0.25) is 0 Å². The Labute approximate surface area is 120 Å². The quantitative estimate of drug-likeness (QED) is 0.919. The highest BCUT2D eigenvalue weighted by atomic mass is 32.2. The van der Waals surface area contributed by atoms with E-state index in [2.05, 4.69) is 9.71 Å². The van der Waals surface area contributed by atoms with Crippen molar-refractivity contribution in [3.8, 4) is 0 Å². The monoisotopic (exact) mass is 314 g/mol. The summed E-state index contributed by atoms with van der Waals surface area (Å²) in [4.78, 5) is 3.22. The lowest BCUT2D eigenvalue weighted by Crippen LogP contribution is -2.16. The largest absolute Gasteiger partial charge is 0.378 e. The molecule has 0 saturated carbocycles. The van der Waals surface area contributed by atoms with Crippen molar-refractivity contribution in [1.29, 1.82) is 0 Å². The van der Waals surface area contributed by atoms with Crippen molar-refractivity contribution in [2.45, 2.75) is 11.5 Å². The van der Waals surface area contributed by atoms with E-state index in [4.69, 9.17) is 4.74 Å². The van der Waals surface area contributed by atoms with Crippen molar-refractivity contribution in [2.75, 3.05) is 11.8 Å². The first kappa shape index (κ1) is 15.3. The van der Waals surface area contributed by atoms with E-state index >= 15 is 0 Å². The molecule has 8 heteroatoms. The van der Waals surface area contributed by atoms with Gasteiger partial charge in [0.05, 0.1) is 12.3 Å². The zero-order chi connectivity index (χ0) is 15.5. The van der Waals surface area contributed by atoms with E-state index < -0.39 is 26.6 Å². The molecule has 0 aliphatic carbocycles. The Morgan fingerprint density at radius 3 is 2.71 bits per heavy atom.